The first-order chi connectivity index (χ1) is 31.5. The van der Waals surface area contributed by atoms with E-state index in [1.807, 2.05) is 0 Å². The van der Waals surface area contributed by atoms with Gasteiger partial charge in [-0.25, -0.2) is 0 Å². The van der Waals surface area contributed by atoms with E-state index in [1.54, 1.807) is 0 Å². The van der Waals surface area contributed by atoms with Gasteiger partial charge in [-0.15, -0.1) is 0 Å². The third kappa shape index (κ3) is 50.6. The molecule has 1 atom stereocenters. The Kier molecular flexibility index (Phi) is 51.3. The molecule has 0 saturated carbocycles. The van der Waals surface area contributed by atoms with Crippen LogP contribution < -0.4 is 0 Å². The highest BCUT2D eigenvalue weighted by atomic mass is 16.6. The summed E-state index contributed by atoms with van der Waals surface area (Å²) >= 11 is 0. The topological polar surface area (TPSA) is 78.9 Å². The molecule has 0 fully saturated rings. The molecule has 0 aliphatic heterocycles. The Morgan fingerprint density at radius 3 is 0.938 bits per heavy atom. The lowest BCUT2D eigenvalue weighted by Crippen LogP contribution is -2.30. The lowest BCUT2D eigenvalue weighted by atomic mass is 10.0. The van der Waals surface area contributed by atoms with Gasteiger partial charge in [-0.1, -0.05) is 276 Å². The summed E-state index contributed by atoms with van der Waals surface area (Å²) in [5.41, 5.74) is 0. The van der Waals surface area contributed by atoms with Gasteiger partial charge in [-0.2, -0.15) is 0 Å². The third-order valence-electron chi connectivity index (χ3n) is 12.5. The summed E-state index contributed by atoms with van der Waals surface area (Å²) in [6.07, 6.45) is 62.8. The van der Waals surface area contributed by atoms with Gasteiger partial charge in [0.25, 0.3) is 0 Å². The van der Waals surface area contributed by atoms with Gasteiger partial charge in [0.05, 0.1) is 0 Å². The zero-order chi connectivity index (χ0) is 46.5. The molecule has 0 rings (SSSR count). The molecule has 0 heterocycles. The van der Waals surface area contributed by atoms with Crippen molar-refractivity contribution in [3.05, 3.63) is 36.5 Å². The molecular formula is C58H106O6. The van der Waals surface area contributed by atoms with Crippen LogP contribution in [0.3, 0.4) is 0 Å². The molecule has 0 radical (unpaired) electrons. The number of rotatable bonds is 51. The maximum absolute atomic E-state index is 12.8. The van der Waals surface area contributed by atoms with E-state index in [4.69, 9.17) is 14.2 Å². The SMILES string of the molecule is CC\C=C/C=C\C=C/CCCCCCCC(=O)OCC(COC(=O)CCCCCCCCCCCCCCCCCCC)OC(=O)CCCCCCCCCCCCCCCCCC. The van der Waals surface area contributed by atoms with Crippen LogP contribution in [-0.4, -0.2) is 37.2 Å². The van der Waals surface area contributed by atoms with E-state index in [-0.39, 0.29) is 31.1 Å². The molecule has 0 aliphatic rings. The Hall–Kier alpha value is -2.37. The number of hydrogen-bond donors (Lipinski definition) is 0. The Morgan fingerprint density at radius 1 is 0.328 bits per heavy atom. The zero-order valence-electron chi connectivity index (χ0n) is 42.8. The minimum absolute atomic E-state index is 0.0740. The molecule has 6 nitrogen and oxygen atoms in total. The first-order valence-electron chi connectivity index (χ1n) is 28.0. The number of ether oxygens (including phenoxy) is 3. The minimum atomic E-state index is -0.775. The lowest BCUT2D eigenvalue weighted by molar-refractivity contribution is -0.167. The first kappa shape index (κ1) is 61.6. The minimum Gasteiger partial charge on any atom is -0.462 e. The summed E-state index contributed by atoms with van der Waals surface area (Å²) in [5, 5.41) is 0. The van der Waals surface area contributed by atoms with Crippen molar-refractivity contribution in [2.24, 2.45) is 0 Å². The third-order valence-corrected chi connectivity index (χ3v) is 12.5. The van der Waals surface area contributed by atoms with Crippen molar-refractivity contribution in [2.75, 3.05) is 13.2 Å². The van der Waals surface area contributed by atoms with Gasteiger partial charge in [0.15, 0.2) is 6.10 Å². The fourth-order valence-corrected chi connectivity index (χ4v) is 8.27. The molecule has 0 aromatic heterocycles. The highest BCUT2D eigenvalue weighted by molar-refractivity contribution is 5.71. The van der Waals surface area contributed by atoms with Gasteiger partial charge in [-0.3, -0.25) is 14.4 Å². The summed E-state index contributed by atoms with van der Waals surface area (Å²) in [5.74, 6) is -0.877. The maximum atomic E-state index is 12.8. The van der Waals surface area contributed by atoms with Crippen LogP contribution in [-0.2, 0) is 28.6 Å². The molecule has 0 aliphatic carbocycles. The molecule has 0 spiro atoms. The van der Waals surface area contributed by atoms with Crippen molar-refractivity contribution in [1.29, 1.82) is 0 Å². The highest BCUT2D eigenvalue weighted by Gasteiger charge is 2.19. The Bertz CT molecular complexity index is 1080. The van der Waals surface area contributed by atoms with Crippen molar-refractivity contribution >= 4 is 17.9 Å². The fourth-order valence-electron chi connectivity index (χ4n) is 8.27. The highest BCUT2D eigenvalue weighted by Crippen LogP contribution is 2.17. The van der Waals surface area contributed by atoms with Gasteiger partial charge in [-0.05, 0) is 38.5 Å². The largest absolute Gasteiger partial charge is 0.462 e. The fraction of sp³-hybridized carbons (Fsp3) is 0.845. The standard InChI is InChI=1S/C58H106O6/c1-4-7-10-13-16-19-22-25-27-29-31-33-36-39-42-45-48-51-57(60)63-54-55(53-62-56(59)50-47-44-41-38-35-32-24-21-18-15-12-9-6-3)64-58(61)52-49-46-43-40-37-34-30-28-26-23-20-17-14-11-8-5-2/h9,12,15,18,21,24,55H,4-8,10-11,13-14,16-17,19-20,22-23,25-54H2,1-3H3/b12-9-,18-15-,24-21-. The first-order valence-corrected chi connectivity index (χ1v) is 28.0. The zero-order valence-corrected chi connectivity index (χ0v) is 42.8. The van der Waals surface area contributed by atoms with Crippen LogP contribution in [0, 0.1) is 0 Å². The van der Waals surface area contributed by atoms with Crippen LogP contribution in [0.25, 0.3) is 0 Å². The van der Waals surface area contributed by atoms with E-state index in [0.717, 1.165) is 83.5 Å². The molecule has 64 heavy (non-hydrogen) atoms. The molecule has 0 aromatic rings. The lowest BCUT2D eigenvalue weighted by Gasteiger charge is -2.18. The van der Waals surface area contributed by atoms with Gasteiger partial charge >= 0.3 is 17.9 Å². The molecule has 0 N–H and O–H groups in total. The van der Waals surface area contributed by atoms with Gasteiger partial charge in [0.2, 0.25) is 0 Å². The second kappa shape index (κ2) is 53.2. The number of carbonyl (C=O) groups excluding carboxylic acids is 3. The molecule has 0 saturated heterocycles. The van der Waals surface area contributed by atoms with Crippen molar-refractivity contribution in [1.82, 2.24) is 0 Å². The van der Waals surface area contributed by atoms with E-state index in [0.29, 0.717) is 19.3 Å². The number of carbonyl (C=O) groups is 3. The van der Waals surface area contributed by atoms with E-state index >= 15 is 0 Å². The molecule has 0 aromatic carbocycles. The Balaban J connectivity index is 4.33. The number of esters is 3. The summed E-state index contributed by atoms with van der Waals surface area (Å²) in [4.78, 5) is 38.1. The number of hydrogen-bond acceptors (Lipinski definition) is 6. The molecule has 0 amide bonds. The average Bonchev–Trinajstić information content (AvgIpc) is 3.29. The second-order valence-electron chi connectivity index (χ2n) is 18.9. The normalized spacial score (nSPS) is 12.2. The van der Waals surface area contributed by atoms with E-state index < -0.39 is 6.10 Å². The maximum Gasteiger partial charge on any atom is 0.306 e. The van der Waals surface area contributed by atoms with Crippen LogP contribution in [0.4, 0.5) is 0 Å². The van der Waals surface area contributed by atoms with Gasteiger partial charge in [0, 0.05) is 19.3 Å². The van der Waals surface area contributed by atoms with E-state index in [9.17, 15) is 14.4 Å². The second-order valence-corrected chi connectivity index (χ2v) is 18.9. The molecule has 374 valence electrons. The molecule has 0 bridgehead atoms. The summed E-state index contributed by atoms with van der Waals surface area (Å²) in [6, 6.07) is 0. The van der Waals surface area contributed by atoms with Crippen molar-refractivity contribution < 1.29 is 28.6 Å². The van der Waals surface area contributed by atoms with Crippen molar-refractivity contribution in [3.8, 4) is 0 Å². The Labute approximate surface area is 397 Å². The van der Waals surface area contributed by atoms with Crippen LogP contribution in [0.2, 0.25) is 0 Å². The van der Waals surface area contributed by atoms with Gasteiger partial charge in [0.1, 0.15) is 13.2 Å². The predicted molar refractivity (Wildman–Crippen MR) is 275 cm³/mol. The summed E-state index contributed by atoms with van der Waals surface area (Å²) in [6.45, 7) is 6.53. The van der Waals surface area contributed by atoms with Crippen molar-refractivity contribution in [2.45, 2.75) is 303 Å². The monoisotopic (exact) mass is 899 g/mol. The molecular weight excluding hydrogens is 793 g/mol. The summed E-state index contributed by atoms with van der Waals surface area (Å²) < 4.78 is 16.8. The molecule has 6 heteroatoms. The number of unbranched alkanes of at least 4 members (excludes halogenated alkanes) is 36. The quantitative estimate of drug-likeness (QED) is 0.0262. The summed E-state index contributed by atoms with van der Waals surface area (Å²) in [7, 11) is 0. The van der Waals surface area contributed by atoms with E-state index in [1.165, 1.54) is 173 Å². The van der Waals surface area contributed by atoms with Crippen molar-refractivity contribution in [3.63, 3.8) is 0 Å². The molecule has 1 unspecified atom stereocenters. The average molecular weight is 899 g/mol. The van der Waals surface area contributed by atoms with E-state index in [2.05, 4.69) is 57.2 Å². The Morgan fingerprint density at radius 2 is 0.609 bits per heavy atom. The van der Waals surface area contributed by atoms with Crippen LogP contribution in [0.5, 0.6) is 0 Å². The number of allylic oxidation sites excluding steroid dienone is 6. The smallest absolute Gasteiger partial charge is 0.306 e. The van der Waals surface area contributed by atoms with Crippen LogP contribution in [0.15, 0.2) is 36.5 Å². The van der Waals surface area contributed by atoms with Crippen LogP contribution in [0.1, 0.15) is 297 Å². The van der Waals surface area contributed by atoms with Gasteiger partial charge < -0.3 is 14.2 Å². The van der Waals surface area contributed by atoms with Crippen LogP contribution >= 0.6 is 0 Å². The predicted octanol–water partition coefficient (Wildman–Crippen LogP) is 18.5.